The number of nitrogens with zero attached hydrogens (tertiary/aromatic N) is 4. The van der Waals surface area contributed by atoms with Crippen molar-refractivity contribution < 1.29 is 0 Å². The lowest BCUT2D eigenvalue weighted by Crippen LogP contribution is -2.15. The van der Waals surface area contributed by atoms with Crippen LogP contribution < -0.4 is 5.32 Å². The Hall–Kier alpha value is -1.75. The van der Waals surface area contributed by atoms with Gasteiger partial charge < -0.3 is 5.32 Å². The molecule has 0 radical (unpaired) electrons. The molecule has 102 valence electrons. The van der Waals surface area contributed by atoms with Crippen LogP contribution >= 0.6 is 0 Å². The van der Waals surface area contributed by atoms with Gasteiger partial charge in [-0.05, 0) is 18.9 Å². The molecule has 0 saturated heterocycles. The van der Waals surface area contributed by atoms with Crippen LogP contribution in [0.5, 0.6) is 0 Å². The van der Waals surface area contributed by atoms with Gasteiger partial charge in [-0.3, -0.25) is 4.68 Å². The van der Waals surface area contributed by atoms with Crippen molar-refractivity contribution in [2.45, 2.75) is 39.8 Å². The van der Waals surface area contributed by atoms with E-state index in [1.807, 2.05) is 24.7 Å². The molecule has 0 spiro atoms. The summed E-state index contributed by atoms with van der Waals surface area (Å²) in [7, 11) is 1.96. The Labute approximate surface area is 114 Å². The second-order valence-corrected chi connectivity index (χ2v) is 5.07. The van der Waals surface area contributed by atoms with Gasteiger partial charge in [-0.15, -0.1) is 0 Å². The third kappa shape index (κ3) is 3.61. The average Bonchev–Trinajstić information content (AvgIpc) is 2.71. The van der Waals surface area contributed by atoms with Crippen LogP contribution in [0.1, 0.15) is 42.5 Å². The van der Waals surface area contributed by atoms with Gasteiger partial charge in [0.05, 0.1) is 11.4 Å². The molecule has 0 aliphatic heterocycles. The zero-order valence-electron chi connectivity index (χ0n) is 12.0. The van der Waals surface area contributed by atoms with Crippen LogP contribution in [-0.2, 0) is 20.1 Å². The molecule has 0 bridgehead atoms. The molecule has 5 heteroatoms. The van der Waals surface area contributed by atoms with E-state index in [1.54, 1.807) is 6.20 Å². The summed E-state index contributed by atoms with van der Waals surface area (Å²) in [5, 5.41) is 7.91. The maximum Gasteiger partial charge on any atom is 0.125 e. The highest BCUT2D eigenvalue weighted by atomic mass is 15.3. The lowest BCUT2D eigenvalue weighted by molar-refractivity contribution is 0.663. The fourth-order valence-corrected chi connectivity index (χ4v) is 2.11. The van der Waals surface area contributed by atoms with Gasteiger partial charge in [0.1, 0.15) is 5.82 Å². The third-order valence-corrected chi connectivity index (χ3v) is 2.94. The summed E-state index contributed by atoms with van der Waals surface area (Å²) in [6.07, 6.45) is 3.87. The molecule has 5 nitrogen and oxygen atoms in total. The molecule has 0 amide bonds. The van der Waals surface area contributed by atoms with Gasteiger partial charge in [-0.25, -0.2) is 9.97 Å². The highest BCUT2D eigenvalue weighted by molar-refractivity contribution is 5.20. The van der Waals surface area contributed by atoms with E-state index in [4.69, 9.17) is 0 Å². The molecular formula is C14H21N5. The number of hydrogen-bond donors (Lipinski definition) is 1. The quantitative estimate of drug-likeness (QED) is 0.891. The maximum absolute atomic E-state index is 4.50. The van der Waals surface area contributed by atoms with Gasteiger partial charge in [0.15, 0.2) is 0 Å². The molecule has 2 rings (SSSR count). The summed E-state index contributed by atoms with van der Waals surface area (Å²) in [5.74, 6) is 1.25. The minimum Gasteiger partial charge on any atom is -0.307 e. The van der Waals surface area contributed by atoms with E-state index < -0.39 is 0 Å². The molecular weight excluding hydrogens is 238 g/mol. The molecule has 0 atom stereocenters. The van der Waals surface area contributed by atoms with E-state index in [9.17, 15) is 0 Å². The van der Waals surface area contributed by atoms with Gasteiger partial charge in [0.25, 0.3) is 0 Å². The molecule has 0 aromatic carbocycles. The lowest BCUT2D eigenvalue weighted by Gasteiger charge is -2.07. The summed E-state index contributed by atoms with van der Waals surface area (Å²) < 4.78 is 1.88. The van der Waals surface area contributed by atoms with E-state index in [-0.39, 0.29) is 0 Å². The van der Waals surface area contributed by atoms with Crippen molar-refractivity contribution in [2.24, 2.45) is 7.05 Å². The van der Waals surface area contributed by atoms with Crippen LogP contribution in [0.3, 0.4) is 0 Å². The fraction of sp³-hybridized carbons (Fsp3) is 0.500. The van der Waals surface area contributed by atoms with Gasteiger partial charge in [-0.2, -0.15) is 5.10 Å². The summed E-state index contributed by atoms with van der Waals surface area (Å²) in [6, 6.07) is 1.94. The van der Waals surface area contributed by atoms with Crippen molar-refractivity contribution in [3.05, 3.63) is 41.2 Å². The van der Waals surface area contributed by atoms with Crippen molar-refractivity contribution in [3.63, 3.8) is 0 Å². The minimum atomic E-state index is 0.444. The number of rotatable bonds is 5. The highest BCUT2D eigenvalue weighted by Crippen LogP contribution is 2.16. The Balaban J connectivity index is 1.96. The Morgan fingerprint density at radius 1 is 1.32 bits per heavy atom. The van der Waals surface area contributed by atoms with Crippen molar-refractivity contribution in [1.82, 2.24) is 25.1 Å². The van der Waals surface area contributed by atoms with Gasteiger partial charge >= 0.3 is 0 Å². The standard InChI is InChI=1S/C14H21N5/c1-10(2)14-12(9-19(4)18-14)7-15-8-13-5-6-16-11(3)17-13/h5-6,9-10,15H,7-8H2,1-4H3. The average molecular weight is 259 g/mol. The number of nitrogens with one attached hydrogen (secondary N) is 1. The van der Waals surface area contributed by atoms with Gasteiger partial charge in [-0.1, -0.05) is 13.8 Å². The van der Waals surface area contributed by atoms with E-state index in [0.717, 1.165) is 30.3 Å². The first-order valence-electron chi connectivity index (χ1n) is 6.58. The van der Waals surface area contributed by atoms with Crippen molar-refractivity contribution in [2.75, 3.05) is 0 Å². The lowest BCUT2D eigenvalue weighted by atomic mass is 10.1. The van der Waals surface area contributed by atoms with Crippen molar-refractivity contribution in [3.8, 4) is 0 Å². The molecule has 0 aliphatic rings. The Morgan fingerprint density at radius 3 is 2.79 bits per heavy atom. The number of aryl methyl sites for hydroxylation is 2. The highest BCUT2D eigenvalue weighted by Gasteiger charge is 2.10. The van der Waals surface area contributed by atoms with E-state index in [1.165, 1.54) is 5.56 Å². The van der Waals surface area contributed by atoms with Crippen LogP contribution in [-0.4, -0.2) is 19.7 Å². The molecule has 0 fully saturated rings. The Bertz CT molecular complexity index is 545. The third-order valence-electron chi connectivity index (χ3n) is 2.94. The number of aromatic nitrogens is 4. The molecule has 0 saturated carbocycles. The first kappa shape index (κ1) is 13.7. The Kier molecular flexibility index (Phi) is 4.27. The second-order valence-electron chi connectivity index (χ2n) is 5.07. The molecule has 2 heterocycles. The largest absolute Gasteiger partial charge is 0.307 e. The summed E-state index contributed by atoms with van der Waals surface area (Å²) in [4.78, 5) is 8.47. The molecule has 2 aromatic heterocycles. The summed E-state index contributed by atoms with van der Waals surface area (Å²) in [6.45, 7) is 7.79. The molecule has 19 heavy (non-hydrogen) atoms. The SMILES string of the molecule is Cc1nccc(CNCc2cn(C)nc2C(C)C)n1. The van der Waals surface area contributed by atoms with Crippen LogP contribution in [0.4, 0.5) is 0 Å². The monoisotopic (exact) mass is 259 g/mol. The maximum atomic E-state index is 4.50. The molecule has 0 unspecified atom stereocenters. The first-order valence-corrected chi connectivity index (χ1v) is 6.58. The topological polar surface area (TPSA) is 55.6 Å². The van der Waals surface area contributed by atoms with E-state index in [2.05, 4.69) is 40.4 Å². The van der Waals surface area contributed by atoms with Crippen LogP contribution in [0.15, 0.2) is 18.5 Å². The van der Waals surface area contributed by atoms with Crippen LogP contribution in [0.25, 0.3) is 0 Å². The zero-order chi connectivity index (χ0) is 13.8. The van der Waals surface area contributed by atoms with E-state index in [0.29, 0.717) is 5.92 Å². The fourth-order valence-electron chi connectivity index (χ4n) is 2.11. The van der Waals surface area contributed by atoms with Crippen molar-refractivity contribution >= 4 is 0 Å². The predicted octanol–water partition coefficient (Wildman–Crippen LogP) is 1.93. The Morgan fingerprint density at radius 2 is 2.11 bits per heavy atom. The van der Waals surface area contributed by atoms with E-state index >= 15 is 0 Å². The first-order chi connectivity index (χ1) is 9.06. The smallest absolute Gasteiger partial charge is 0.125 e. The van der Waals surface area contributed by atoms with Crippen LogP contribution in [0.2, 0.25) is 0 Å². The zero-order valence-corrected chi connectivity index (χ0v) is 12.0. The van der Waals surface area contributed by atoms with Crippen LogP contribution in [0, 0.1) is 6.92 Å². The molecule has 0 aliphatic carbocycles. The minimum absolute atomic E-state index is 0.444. The normalized spacial score (nSPS) is 11.2. The predicted molar refractivity (Wildman–Crippen MR) is 74.6 cm³/mol. The molecule has 2 aromatic rings. The second kappa shape index (κ2) is 5.93. The summed E-state index contributed by atoms with van der Waals surface area (Å²) in [5.41, 5.74) is 3.43. The van der Waals surface area contributed by atoms with Gasteiger partial charge in [0, 0.05) is 38.1 Å². The van der Waals surface area contributed by atoms with Gasteiger partial charge in [0.2, 0.25) is 0 Å². The van der Waals surface area contributed by atoms with Crippen molar-refractivity contribution in [1.29, 1.82) is 0 Å². The molecule has 1 N–H and O–H groups in total. The summed E-state index contributed by atoms with van der Waals surface area (Å²) >= 11 is 0. The number of hydrogen-bond acceptors (Lipinski definition) is 4.